The van der Waals surface area contributed by atoms with Gasteiger partial charge in [-0.05, 0) is 24.9 Å². The predicted octanol–water partition coefficient (Wildman–Crippen LogP) is 3.12. The van der Waals surface area contributed by atoms with Crippen molar-refractivity contribution in [2.24, 2.45) is 5.11 Å². The first-order valence-electron chi connectivity index (χ1n) is 7.21. The minimum Gasteiger partial charge on any atom is -0.368 e. The first-order chi connectivity index (χ1) is 10.5. The second-order valence-electron chi connectivity index (χ2n) is 5.97. The third-order valence-electron chi connectivity index (χ3n) is 3.93. The zero-order valence-corrected chi connectivity index (χ0v) is 12.4. The minimum absolute atomic E-state index is 0.266. The molecule has 0 aromatic heterocycles. The molecule has 0 N–H and O–H groups in total. The van der Waals surface area contributed by atoms with E-state index in [4.69, 9.17) is 19.7 Å². The van der Waals surface area contributed by atoms with Crippen molar-refractivity contribution in [3.05, 3.63) is 46.3 Å². The molecule has 1 heterocycles. The standard InChI is InChI=1S/C15H18FN3O3/c1-15(2)21-13-11(18-19-17)10(16)12(14(13)22-15)20-8-9-6-4-3-5-7-9/h3-7,10-14H,8H2,1-2H3/t10-,11-,12+,13+,14-/m1/s1. The molecule has 1 aliphatic heterocycles. The van der Waals surface area contributed by atoms with Crippen molar-refractivity contribution in [2.75, 3.05) is 0 Å². The Hall–Kier alpha value is -1.66. The number of fused-ring (bicyclic) bond motifs is 1. The van der Waals surface area contributed by atoms with E-state index in [1.165, 1.54) is 0 Å². The van der Waals surface area contributed by atoms with Crippen LogP contribution in [0.4, 0.5) is 4.39 Å². The van der Waals surface area contributed by atoms with Gasteiger partial charge in [0, 0.05) is 4.91 Å². The maximum absolute atomic E-state index is 14.6. The maximum atomic E-state index is 14.6. The lowest BCUT2D eigenvalue weighted by molar-refractivity contribution is -0.177. The van der Waals surface area contributed by atoms with E-state index in [0.717, 1.165) is 5.56 Å². The Kier molecular flexibility index (Phi) is 4.06. The fourth-order valence-electron chi connectivity index (χ4n) is 3.03. The zero-order valence-electron chi connectivity index (χ0n) is 12.4. The monoisotopic (exact) mass is 307 g/mol. The summed E-state index contributed by atoms with van der Waals surface area (Å²) < 4.78 is 31.7. The van der Waals surface area contributed by atoms with Crippen LogP contribution in [0.1, 0.15) is 19.4 Å². The van der Waals surface area contributed by atoms with Crippen LogP contribution in [0.3, 0.4) is 0 Å². The van der Waals surface area contributed by atoms with Gasteiger partial charge in [0.25, 0.3) is 0 Å². The lowest BCUT2D eigenvalue weighted by atomic mass is 10.2. The molecule has 0 unspecified atom stereocenters. The second kappa shape index (κ2) is 5.85. The SMILES string of the molecule is CC1(C)O[C@@H]2[C@@H](OCc3ccccc3)[C@H](F)[C@@H](N=[N+]=[N-])[C@@H]2O1. The predicted molar refractivity (Wildman–Crippen MR) is 76.7 cm³/mol. The van der Waals surface area contributed by atoms with Crippen LogP contribution < -0.4 is 0 Å². The van der Waals surface area contributed by atoms with Crippen LogP contribution in [0.5, 0.6) is 0 Å². The highest BCUT2D eigenvalue weighted by atomic mass is 19.1. The number of benzene rings is 1. The number of halogens is 1. The van der Waals surface area contributed by atoms with Gasteiger partial charge in [0.1, 0.15) is 30.5 Å². The van der Waals surface area contributed by atoms with Gasteiger partial charge in [-0.2, -0.15) is 0 Å². The van der Waals surface area contributed by atoms with Crippen molar-refractivity contribution in [2.45, 2.75) is 56.8 Å². The first kappa shape index (κ1) is 15.2. The van der Waals surface area contributed by atoms with Crippen LogP contribution in [-0.4, -0.2) is 36.3 Å². The van der Waals surface area contributed by atoms with E-state index in [1.54, 1.807) is 13.8 Å². The molecular weight excluding hydrogens is 289 g/mol. The Morgan fingerprint density at radius 1 is 1.27 bits per heavy atom. The van der Waals surface area contributed by atoms with E-state index in [9.17, 15) is 4.39 Å². The van der Waals surface area contributed by atoms with Gasteiger partial charge >= 0.3 is 0 Å². The average molecular weight is 307 g/mol. The Morgan fingerprint density at radius 2 is 1.95 bits per heavy atom. The highest BCUT2D eigenvalue weighted by Gasteiger charge is 2.60. The van der Waals surface area contributed by atoms with Gasteiger partial charge in [0.15, 0.2) is 5.79 Å². The van der Waals surface area contributed by atoms with Crippen LogP contribution in [0.25, 0.3) is 10.4 Å². The van der Waals surface area contributed by atoms with Crippen molar-refractivity contribution in [1.82, 2.24) is 0 Å². The van der Waals surface area contributed by atoms with Gasteiger partial charge in [0.2, 0.25) is 0 Å². The van der Waals surface area contributed by atoms with E-state index in [1.807, 2.05) is 30.3 Å². The molecule has 5 atom stereocenters. The van der Waals surface area contributed by atoms with Gasteiger partial charge in [-0.3, -0.25) is 0 Å². The van der Waals surface area contributed by atoms with Gasteiger partial charge in [-0.15, -0.1) is 0 Å². The summed E-state index contributed by atoms with van der Waals surface area (Å²) in [6.45, 7) is 3.77. The fraction of sp³-hybridized carbons (Fsp3) is 0.600. The Bertz CT molecular complexity index is 577. The molecule has 1 aliphatic carbocycles. The summed E-state index contributed by atoms with van der Waals surface area (Å²) in [5.74, 6) is -0.840. The third-order valence-corrected chi connectivity index (χ3v) is 3.93. The summed E-state index contributed by atoms with van der Waals surface area (Å²) in [5, 5.41) is 3.54. The highest BCUT2D eigenvalue weighted by molar-refractivity contribution is 5.14. The number of hydrogen-bond donors (Lipinski definition) is 0. The smallest absolute Gasteiger partial charge is 0.163 e. The molecule has 7 heteroatoms. The number of azide groups is 1. The van der Waals surface area contributed by atoms with Crippen molar-refractivity contribution in [1.29, 1.82) is 0 Å². The van der Waals surface area contributed by atoms with Crippen LogP contribution in [0, 0.1) is 0 Å². The summed E-state index contributed by atoms with van der Waals surface area (Å²) in [6, 6.07) is 8.56. The molecule has 0 spiro atoms. The Balaban J connectivity index is 1.76. The molecule has 2 aliphatic rings. The van der Waals surface area contributed by atoms with Gasteiger partial charge < -0.3 is 14.2 Å². The van der Waals surface area contributed by atoms with Crippen molar-refractivity contribution >= 4 is 0 Å². The second-order valence-corrected chi connectivity index (χ2v) is 5.97. The number of ether oxygens (including phenoxy) is 3. The molecule has 0 radical (unpaired) electrons. The Morgan fingerprint density at radius 3 is 2.64 bits per heavy atom. The lowest BCUT2D eigenvalue weighted by Gasteiger charge is -2.24. The van der Waals surface area contributed by atoms with E-state index in [-0.39, 0.29) is 6.61 Å². The number of nitrogens with zero attached hydrogens (tertiary/aromatic N) is 3. The summed E-state index contributed by atoms with van der Waals surface area (Å²) >= 11 is 0. The summed E-state index contributed by atoms with van der Waals surface area (Å²) in [6.07, 6.45) is -3.47. The van der Waals surface area contributed by atoms with E-state index < -0.39 is 36.3 Å². The normalized spacial score (nSPS) is 35.9. The van der Waals surface area contributed by atoms with Crippen molar-refractivity contribution < 1.29 is 18.6 Å². The maximum Gasteiger partial charge on any atom is 0.163 e. The molecule has 1 saturated heterocycles. The molecule has 0 bridgehead atoms. The number of hydrogen-bond acceptors (Lipinski definition) is 4. The van der Waals surface area contributed by atoms with Gasteiger partial charge in [0.05, 0.1) is 6.61 Å². The highest BCUT2D eigenvalue weighted by Crippen LogP contribution is 2.42. The Labute approximate surface area is 127 Å². The van der Waals surface area contributed by atoms with Crippen LogP contribution >= 0.6 is 0 Å². The lowest BCUT2D eigenvalue weighted by Crippen LogP contribution is -2.36. The number of alkyl halides is 1. The number of rotatable bonds is 4. The van der Waals surface area contributed by atoms with Crippen molar-refractivity contribution in [3.8, 4) is 0 Å². The first-order valence-corrected chi connectivity index (χ1v) is 7.21. The molecule has 6 nitrogen and oxygen atoms in total. The largest absolute Gasteiger partial charge is 0.368 e. The fourth-order valence-corrected chi connectivity index (χ4v) is 3.03. The van der Waals surface area contributed by atoms with Gasteiger partial charge in [-0.25, -0.2) is 4.39 Å². The minimum atomic E-state index is -1.45. The molecule has 0 amide bonds. The molecule has 22 heavy (non-hydrogen) atoms. The molecule has 2 fully saturated rings. The van der Waals surface area contributed by atoms with Crippen molar-refractivity contribution in [3.63, 3.8) is 0 Å². The van der Waals surface area contributed by atoms with Gasteiger partial charge in [-0.1, -0.05) is 35.4 Å². The third kappa shape index (κ3) is 2.80. The molecule has 1 aromatic rings. The van der Waals surface area contributed by atoms with E-state index >= 15 is 0 Å². The zero-order chi connectivity index (χ0) is 15.7. The molecule has 3 rings (SSSR count). The van der Waals surface area contributed by atoms with Crippen LogP contribution in [-0.2, 0) is 20.8 Å². The molecule has 1 aromatic carbocycles. The van der Waals surface area contributed by atoms with Crippen LogP contribution in [0.2, 0.25) is 0 Å². The molecule has 118 valence electrons. The average Bonchev–Trinajstić information content (AvgIpc) is 2.91. The molecular formula is C15H18FN3O3. The quantitative estimate of drug-likeness (QED) is 0.487. The van der Waals surface area contributed by atoms with Crippen LogP contribution in [0.15, 0.2) is 35.4 Å². The van der Waals surface area contributed by atoms with E-state index in [2.05, 4.69) is 10.0 Å². The summed E-state index contributed by atoms with van der Waals surface area (Å²) in [5.41, 5.74) is 9.58. The molecule has 1 saturated carbocycles. The topological polar surface area (TPSA) is 76.5 Å². The summed E-state index contributed by atoms with van der Waals surface area (Å²) in [7, 11) is 0. The summed E-state index contributed by atoms with van der Waals surface area (Å²) in [4.78, 5) is 2.72. The van der Waals surface area contributed by atoms with E-state index in [0.29, 0.717) is 0 Å².